The number of benzene rings is 1. The topological polar surface area (TPSA) is 120 Å². The molecule has 0 unspecified atom stereocenters. The average Bonchev–Trinajstić information content (AvgIpc) is 2.38. The summed E-state index contributed by atoms with van der Waals surface area (Å²) in [5.41, 5.74) is -0.524. The predicted molar refractivity (Wildman–Crippen MR) is 68.9 cm³/mol. The van der Waals surface area contributed by atoms with E-state index in [1.54, 1.807) is 0 Å². The van der Waals surface area contributed by atoms with Gasteiger partial charge in [0.2, 0.25) is 0 Å². The molecule has 0 fully saturated rings. The molecule has 0 saturated heterocycles. The minimum absolute atomic E-state index is 0.0346. The van der Waals surface area contributed by atoms with E-state index >= 15 is 0 Å². The molecule has 0 saturated carbocycles. The van der Waals surface area contributed by atoms with Crippen LogP contribution in [-0.4, -0.2) is 32.2 Å². The molecular formula is C13H10N2O5. The summed E-state index contributed by atoms with van der Waals surface area (Å²) in [6.07, 6.45) is 2.44. The lowest BCUT2D eigenvalue weighted by atomic mass is 10.1. The number of aromatic carboxylic acids is 1. The van der Waals surface area contributed by atoms with Crippen LogP contribution in [-0.2, 0) is 0 Å². The van der Waals surface area contributed by atoms with Crippen molar-refractivity contribution in [3.8, 4) is 11.5 Å². The van der Waals surface area contributed by atoms with Gasteiger partial charge in [0.15, 0.2) is 0 Å². The van der Waals surface area contributed by atoms with Gasteiger partial charge in [-0.05, 0) is 18.2 Å². The van der Waals surface area contributed by atoms with Crippen LogP contribution in [0.5, 0.6) is 11.5 Å². The van der Waals surface area contributed by atoms with E-state index in [0.29, 0.717) is 0 Å². The zero-order valence-electron chi connectivity index (χ0n) is 10.1. The van der Waals surface area contributed by atoms with E-state index in [0.717, 1.165) is 0 Å². The van der Waals surface area contributed by atoms with Gasteiger partial charge in [-0.1, -0.05) is 6.07 Å². The second-order valence-corrected chi connectivity index (χ2v) is 3.85. The number of amides is 1. The molecule has 1 amide bonds. The molecule has 0 radical (unpaired) electrons. The highest BCUT2D eigenvalue weighted by Crippen LogP contribution is 2.27. The number of aromatic hydroxyl groups is 2. The lowest BCUT2D eigenvalue weighted by Gasteiger charge is -2.09. The largest absolute Gasteiger partial charge is 0.507 e. The molecule has 102 valence electrons. The van der Waals surface area contributed by atoms with Crippen molar-refractivity contribution in [1.82, 2.24) is 4.98 Å². The number of carboxylic acids is 1. The number of carbonyl (C=O) groups excluding carboxylic acids is 1. The van der Waals surface area contributed by atoms with E-state index in [1.165, 1.54) is 36.7 Å². The number of carboxylic acid groups (broad SMARTS) is 1. The number of nitrogens with zero attached hydrogens (tertiary/aromatic N) is 1. The van der Waals surface area contributed by atoms with Crippen molar-refractivity contribution in [2.75, 3.05) is 5.32 Å². The monoisotopic (exact) mass is 274 g/mol. The molecule has 2 rings (SSSR count). The predicted octanol–water partition coefficient (Wildman–Crippen LogP) is 1.44. The Balaban J connectivity index is 2.36. The Labute approximate surface area is 113 Å². The quantitative estimate of drug-likeness (QED) is 0.672. The van der Waals surface area contributed by atoms with E-state index in [4.69, 9.17) is 5.11 Å². The Hall–Kier alpha value is -3.09. The lowest BCUT2D eigenvalue weighted by Crippen LogP contribution is -2.15. The molecule has 4 N–H and O–H groups in total. The van der Waals surface area contributed by atoms with Crippen LogP contribution < -0.4 is 5.32 Å². The number of carbonyl (C=O) groups is 2. The Bertz CT molecular complexity index is 664. The van der Waals surface area contributed by atoms with Gasteiger partial charge in [0.1, 0.15) is 17.1 Å². The summed E-state index contributed by atoms with van der Waals surface area (Å²) in [6.45, 7) is 0. The summed E-state index contributed by atoms with van der Waals surface area (Å²) in [4.78, 5) is 26.7. The standard InChI is InChI=1S/C13H10N2O5/c16-9-2-1-3-10(17)11(9)12(18)15-8-6-14-5-4-7(8)13(19)20/h1-6,16-17H,(H,15,18)(H,19,20). The van der Waals surface area contributed by atoms with Crippen LogP contribution in [0.2, 0.25) is 0 Å². The second-order valence-electron chi connectivity index (χ2n) is 3.85. The molecule has 0 atom stereocenters. The molecule has 0 bridgehead atoms. The molecule has 1 aromatic carbocycles. The van der Waals surface area contributed by atoms with Gasteiger partial charge in [-0.15, -0.1) is 0 Å². The van der Waals surface area contributed by atoms with Gasteiger partial charge in [-0.2, -0.15) is 0 Å². The Kier molecular flexibility index (Phi) is 3.52. The van der Waals surface area contributed by atoms with E-state index in [-0.39, 0.29) is 16.8 Å². The maximum absolute atomic E-state index is 12.0. The smallest absolute Gasteiger partial charge is 0.337 e. The first-order chi connectivity index (χ1) is 9.50. The van der Waals surface area contributed by atoms with Crippen molar-refractivity contribution in [2.45, 2.75) is 0 Å². The van der Waals surface area contributed by atoms with Gasteiger partial charge in [-0.3, -0.25) is 9.78 Å². The minimum atomic E-state index is -1.23. The molecule has 0 spiro atoms. The maximum Gasteiger partial charge on any atom is 0.337 e. The zero-order valence-corrected chi connectivity index (χ0v) is 10.1. The molecular weight excluding hydrogens is 264 g/mol. The van der Waals surface area contributed by atoms with Crippen LogP contribution in [0.4, 0.5) is 5.69 Å². The summed E-state index contributed by atoms with van der Waals surface area (Å²) in [5.74, 6) is -2.90. The first-order valence-electron chi connectivity index (χ1n) is 5.50. The number of nitrogens with one attached hydrogen (secondary N) is 1. The highest BCUT2D eigenvalue weighted by Gasteiger charge is 2.18. The van der Waals surface area contributed by atoms with Crippen LogP contribution in [0.1, 0.15) is 20.7 Å². The number of phenolic OH excluding ortho intramolecular Hbond substituents is 2. The molecule has 0 aliphatic rings. The minimum Gasteiger partial charge on any atom is -0.507 e. The molecule has 1 heterocycles. The van der Waals surface area contributed by atoms with Gasteiger partial charge in [0.05, 0.1) is 17.4 Å². The van der Waals surface area contributed by atoms with Crippen LogP contribution in [0.3, 0.4) is 0 Å². The molecule has 0 aliphatic heterocycles. The molecule has 0 aliphatic carbocycles. The van der Waals surface area contributed by atoms with Crippen molar-refractivity contribution < 1.29 is 24.9 Å². The zero-order chi connectivity index (χ0) is 14.7. The number of rotatable bonds is 3. The van der Waals surface area contributed by atoms with Crippen LogP contribution in [0.25, 0.3) is 0 Å². The average molecular weight is 274 g/mol. The van der Waals surface area contributed by atoms with E-state index in [1.807, 2.05) is 0 Å². The normalized spacial score (nSPS) is 10.0. The van der Waals surface area contributed by atoms with Crippen LogP contribution in [0.15, 0.2) is 36.7 Å². The van der Waals surface area contributed by atoms with Gasteiger partial charge in [-0.25, -0.2) is 4.79 Å². The summed E-state index contributed by atoms with van der Waals surface area (Å²) < 4.78 is 0. The fourth-order valence-corrected chi connectivity index (χ4v) is 1.63. The Morgan fingerprint density at radius 3 is 2.35 bits per heavy atom. The van der Waals surface area contributed by atoms with Gasteiger partial charge < -0.3 is 20.6 Å². The second kappa shape index (κ2) is 5.27. The molecule has 20 heavy (non-hydrogen) atoms. The van der Waals surface area contributed by atoms with Crippen LogP contribution >= 0.6 is 0 Å². The fraction of sp³-hybridized carbons (Fsp3) is 0. The summed E-state index contributed by atoms with van der Waals surface area (Å²) in [6, 6.07) is 5.06. The third kappa shape index (κ3) is 2.51. The highest BCUT2D eigenvalue weighted by atomic mass is 16.4. The van der Waals surface area contributed by atoms with Gasteiger partial charge >= 0.3 is 5.97 Å². The number of pyridine rings is 1. The van der Waals surface area contributed by atoms with Crippen molar-refractivity contribution in [3.63, 3.8) is 0 Å². The maximum atomic E-state index is 12.0. The van der Waals surface area contributed by atoms with E-state index in [9.17, 15) is 19.8 Å². The molecule has 2 aromatic rings. The van der Waals surface area contributed by atoms with Crippen molar-refractivity contribution in [2.24, 2.45) is 0 Å². The Morgan fingerprint density at radius 1 is 1.10 bits per heavy atom. The highest BCUT2D eigenvalue weighted by molar-refractivity contribution is 6.10. The third-order valence-electron chi connectivity index (χ3n) is 2.55. The van der Waals surface area contributed by atoms with Crippen molar-refractivity contribution in [1.29, 1.82) is 0 Å². The first kappa shape index (κ1) is 13.3. The van der Waals surface area contributed by atoms with Gasteiger partial charge in [0.25, 0.3) is 5.91 Å². The third-order valence-corrected chi connectivity index (χ3v) is 2.55. The molecule has 7 heteroatoms. The van der Waals surface area contributed by atoms with E-state index < -0.39 is 23.4 Å². The SMILES string of the molecule is O=C(O)c1ccncc1NC(=O)c1c(O)cccc1O. The summed E-state index contributed by atoms with van der Waals surface area (Å²) in [5, 5.41) is 30.4. The molecule has 7 nitrogen and oxygen atoms in total. The lowest BCUT2D eigenvalue weighted by molar-refractivity contribution is 0.0698. The van der Waals surface area contributed by atoms with Crippen molar-refractivity contribution in [3.05, 3.63) is 47.8 Å². The van der Waals surface area contributed by atoms with Gasteiger partial charge in [0, 0.05) is 6.20 Å². The summed E-state index contributed by atoms with van der Waals surface area (Å²) in [7, 11) is 0. The fourth-order valence-electron chi connectivity index (χ4n) is 1.63. The number of hydrogen-bond acceptors (Lipinski definition) is 5. The number of aromatic nitrogens is 1. The van der Waals surface area contributed by atoms with E-state index in [2.05, 4.69) is 10.3 Å². The number of phenols is 2. The number of anilines is 1. The summed E-state index contributed by atoms with van der Waals surface area (Å²) >= 11 is 0. The van der Waals surface area contributed by atoms with Crippen molar-refractivity contribution >= 4 is 17.6 Å². The van der Waals surface area contributed by atoms with Crippen LogP contribution in [0, 0.1) is 0 Å². The first-order valence-corrected chi connectivity index (χ1v) is 5.50. The molecule has 1 aromatic heterocycles. The number of hydrogen-bond donors (Lipinski definition) is 4. The Morgan fingerprint density at radius 2 is 1.75 bits per heavy atom.